The smallest absolute Gasteiger partial charge is 0.194 e. The van der Waals surface area contributed by atoms with Gasteiger partial charge in [-0.3, -0.25) is 9.89 Å². The van der Waals surface area contributed by atoms with E-state index in [0.717, 1.165) is 23.8 Å². The molecular formula is C19H28FIN4O. The first-order chi connectivity index (χ1) is 12.0. The van der Waals surface area contributed by atoms with E-state index in [9.17, 15) is 4.39 Å². The van der Waals surface area contributed by atoms with Crippen molar-refractivity contribution in [3.63, 3.8) is 0 Å². The zero-order valence-electron chi connectivity index (χ0n) is 15.8. The highest BCUT2D eigenvalue weighted by Crippen LogP contribution is 2.19. The van der Waals surface area contributed by atoms with Gasteiger partial charge in [-0.2, -0.15) is 0 Å². The summed E-state index contributed by atoms with van der Waals surface area (Å²) in [6, 6.07) is 10.5. The summed E-state index contributed by atoms with van der Waals surface area (Å²) >= 11 is 0. The fourth-order valence-electron chi connectivity index (χ4n) is 2.57. The highest BCUT2D eigenvalue weighted by atomic mass is 127. The maximum Gasteiger partial charge on any atom is 0.194 e. The third-order valence-electron chi connectivity index (χ3n) is 3.94. The monoisotopic (exact) mass is 474 g/mol. The molecule has 0 amide bonds. The molecule has 1 atom stereocenters. The quantitative estimate of drug-likeness (QED) is 0.378. The van der Waals surface area contributed by atoms with Crippen molar-refractivity contribution in [1.29, 1.82) is 0 Å². The maximum atomic E-state index is 13.1. The summed E-state index contributed by atoms with van der Waals surface area (Å²) in [5, 5.41) is 3.31. The molecule has 2 rings (SSSR count). The summed E-state index contributed by atoms with van der Waals surface area (Å²) in [5.41, 5.74) is 1.03. The predicted molar refractivity (Wildman–Crippen MR) is 114 cm³/mol. The van der Waals surface area contributed by atoms with E-state index in [1.165, 1.54) is 12.1 Å². The summed E-state index contributed by atoms with van der Waals surface area (Å²) in [5.74, 6) is 1.48. The molecule has 7 heteroatoms. The fourth-order valence-corrected chi connectivity index (χ4v) is 2.57. The van der Waals surface area contributed by atoms with E-state index < -0.39 is 0 Å². The lowest BCUT2D eigenvalue weighted by molar-refractivity contribution is 0.264. The van der Waals surface area contributed by atoms with Crippen LogP contribution in [0.4, 0.5) is 4.39 Å². The van der Waals surface area contributed by atoms with Crippen LogP contribution in [-0.2, 0) is 6.54 Å². The van der Waals surface area contributed by atoms with E-state index in [0.29, 0.717) is 13.1 Å². The van der Waals surface area contributed by atoms with E-state index in [4.69, 9.17) is 9.41 Å². The van der Waals surface area contributed by atoms with Crippen molar-refractivity contribution in [3.05, 3.63) is 59.8 Å². The predicted octanol–water partition coefficient (Wildman–Crippen LogP) is 3.74. The average Bonchev–Trinajstić information content (AvgIpc) is 3.10. The Balaban J connectivity index is 0.00000338. The molecule has 0 spiro atoms. The lowest BCUT2D eigenvalue weighted by atomic mass is 10.2. The number of aliphatic imine (C=N–C) groups is 1. The molecule has 0 bridgehead atoms. The van der Waals surface area contributed by atoms with Gasteiger partial charge in [0.05, 0.1) is 18.8 Å². The Morgan fingerprint density at radius 1 is 1.19 bits per heavy atom. The highest BCUT2D eigenvalue weighted by Gasteiger charge is 2.17. The van der Waals surface area contributed by atoms with E-state index in [-0.39, 0.29) is 35.8 Å². The van der Waals surface area contributed by atoms with Gasteiger partial charge in [-0.25, -0.2) is 4.39 Å². The van der Waals surface area contributed by atoms with Crippen LogP contribution in [0.15, 0.2) is 52.1 Å². The number of nitrogens with one attached hydrogen (secondary N) is 1. The second-order valence-corrected chi connectivity index (χ2v) is 6.17. The van der Waals surface area contributed by atoms with E-state index >= 15 is 0 Å². The topological polar surface area (TPSA) is 44.0 Å². The molecule has 0 fully saturated rings. The van der Waals surface area contributed by atoms with Crippen LogP contribution in [-0.4, -0.2) is 50.0 Å². The van der Waals surface area contributed by atoms with Crippen LogP contribution in [0.25, 0.3) is 0 Å². The minimum Gasteiger partial charge on any atom is -0.468 e. The number of hydrogen-bond acceptors (Lipinski definition) is 3. The molecule has 0 saturated heterocycles. The van der Waals surface area contributed by atoms with Crippen LogP contribution in [0.5, 0.6) is 0 Å². The van der Waals surface area contributed by atoms with Crippen molar-refractivity contribution < 1.29 is 8.81 Å². The summed E-state index contributed by atoms with van der Waals surface area (Å²) in [6.07, 6.45) is 1.68. The first-order valence-corrected chi connectivity index (χ1v) is 8.45. The third kappa shape index (κ3) is 6.60. The van der Waals surface area contributed by atoms with Gasteiger partial charge < -0.3 is 14.6 Å². The summed E-state index contributed by atoms with van der Waals surface area (Å²) < 4.78 is 18.6. The van der Waals surface area contributed by atoms with Crippen molar-refractivity contribution in [2.75, 3.05) is 34.2 Å². The van der Waals surface area contributed by atoms with Gasteiger partial charge in [0.25, 0.3) is 0 Å². The van der Waals surface area contributed by atoms with Crippen molar-refractivity contribution in [2.24, 2.45) is 4.99 Å². The van der Waals surface area contributed by atoms with E-state index in [2.05, 4.69) is 10.2 Å². The number of benzene rings is 1. The normalized spacial score (nSPS) is 12.6. The summed E-state index contributed by atoms with van der Waals surface area (Å²) in [7, 11) is 6.00. The number of likely N-dealkylation sites (N-methyl/N-ethyl adjacent to an activating group) is 1. The van der Waals surface area contributed by atoms with Crippen molar-refractivity contribution in [3.8, 4) is 0 Å². The van der Waals surface area contributed by atoms with E-state index in [1.54, 1.807) is 18.4 Å². The summed E-state index contributed by atoms with van der Waals surface area (Å²) in [6.45, 7) is 4.05. The second kappa shape index (κ2) is 11.2. The molecular weight excluding hydrogens is 446 g/mol. The van der Waals surface area contributed by atoms with Gasteiger partial charge in [-0.1, -0.05) is 12.1 Å². The molecule has 0 saturated carbocycles. The van der Waals surface area contributed by atoms with Crippen LogP contribution in [0.1, 0.15) is 24.3 Å². The van der Waals surface area contributed by atoms with Gasteiger partial charge in [0.2, 0.25) is 0 Å². The standard InChI is InChI=1S/C19H27FN4O.HI/c1-5-21-19(24(4)14-15-8-10-16(20)11-9-15)22-13-17(23(2)3)18-7-6-12-25-18;/h6-12,17H,5,13-14H2,1-4H3,(H,21,22);1H. The zero-order valence-corrected chi connectivity index (χ0v) is 18.1. The third-order valence-corrected chi connectivity index (χ3v) is 3.94. The van der Waals surface area contributed by atoms with Gasteiger partial charge in [0, 0.05) is 20.1 Å². The fraction of sp³-hybridized carbons (Fsp3) is 0.421. The molecule has 0 aliphatic heterocycles. The highest BCUT2D eigenvalue weighted by molar-refractivity contribution is 14.0. The zero-order chi connectivity index (χ0) is 18.2. The minimum atomic E-state index is -0.223. The molecule has 144 valence electrons. The number of guanidine groups is 1. The van der Waals surface area contributed by atoms with E-state index in [1.807, 2.05) is 45.1 Å². The molecule has 0 radical (unpaired) electrons. The van der Waals surface area contributed by atoms with Crippen LogP contribution in [0.3, 0.4) is 0 Å². The van der Waals surface area contributed by atoms with Gasteiger partial charge in [0.15, 0.2) is 5.96 Å². The second-order valence-electron chi connectivity index (χ2n) is 6.17. The first-order valence-electron chi connectivity index (χ1n) is 8.45. The Morgan fingerprint density at radius 2 is 1.88 bits per heavy atom. The van der Waals surface area contributed by atoms with Crippen molar-refractivity contribution >= 4 is 29.9 Å². The molecule has 26 heavy (non-hydrogen) atoms. The van der Waals surface area contributed by atoms with Crippen molar-refractivity contribution in [2.45, 2.75) is 19.5 Å². The van der Waals surface area contributed by atoms with Gasteiger partial charge >= 0.3 is 0 Å². The molecule has 1 N–H and O–H groups in total. The average molecular weight is 474 g/mol. The minimum absolute atomic E-state index is 0. The molecule has 1 aromatic heterocycles. The summed E-state index contributed by atoms with van der Waals surface area (Å²) in [4.78, 5) is 8.88. The molecule has 0 aliphatic carbocycles. The van der Waals surface area contributed by atoms with Gasteiger partial charge in [0.1, 0.15) is 11.6 Å². The van der Waals surface area contributed by atoms with Gasteiger partial charge in [-0.05, 0) is 50.8 Å². The lowest BCUT2D eigenvalue weighted by Crippen LogP contribution is -2.39. The van der Waals surface area contributed by atoms with Crippen LogP contribution in [0.2, 0.25) is 0 Å². The molecule has 1 aromatic carbocycles. The Kier molecular flexibility index (Phi) is 9.64. The van der Waals surface area contributed by atoms with Crippen LogP contribution in [0, 0.1) is 5.82 Å². The Morgan fingerprint density at radius 3 is 2.42 bits per heavy atom. The number of halogens is 2. The van der Waals surface area contributed by atoms with Gasteiger partial charge in [-0.15, -0.1) is 24.0 Å². The molecule has 5 nitrogen and oxygen atoms in total. The SMILES string of the molecule is CCNC(=NCC(c1ccco1)N(C)C)N(C)Cc1ccc(F)cc1.I. The largest absolute Gasteiger partial charge is 0.468 e. The maximum absolute atomic E-state index is 13.1. The number of furan rings is 1. The Hall–Kier alpha value is -1.61. The number of nitrogens with zero attached hydrogens (tertiary/aromatic N) is 3. The van der Waals surface area contributed by atoms with Crippen LogP contribution >= 0.6 is 24.0 Å². The molecule has 0 aliphatic rings. The molecule has 2 aromatic rings. The van der Waals surface area contributed by atoms with Crippen molar-refractivity contribution in [1.82, 2.24) is 15.1 Å². The van der Waals surface area contributed by atoms with Crippen LogP contribution < -0.4 is 5.32 Å². The lowest BCUT2D eigenvalue weighted by Gasteiger charge is -2.25. The Bertz CT molecular complexity index is 659. The molecule has 1 heterocycles. The first kappa shape index (κ1) is 22.4. The number of rotatable bonds is 7. The Labute approximate surface area is 172 Å². The number of hydrogen-bond donors (Lipinski definition) is 1. The molecule has 1 unspecified atom stereocenters.